The molecule has 0 saturated heterocycles. The van der Waals surface area contributed by atoms with Gasteiger partial charge in [0.2, 0.25) is 0 Å². The zero-order valence-electron chi connectivity index (χ0n) is 9.69. The van der Waals surface area contributed by atoms with E-state index in [1.807, 2.05) is 18.2 Å². The average Bonchev–Trinajstić information content (AvgIpc) is 2.34. The summed E-state index contributed by atoms with van der Waals surface area (Å²) in [6.07, 6.45) is 1.47. The van der Waals surface area contributed by atoms with Crippen LogP contribution in [0.5, 0.6) is 0 Å². The molecule has 0 spiro atoms. The molecule has 1 aromatic rings. The van der Waals surface area contributed by atoms with Crippen LogP contribution in [0.25, 0.3) is 0 Å². The Hall–Kier alpha value is -1.90. The summed E-state index contributed by atoms with van der Waals surface area (Å²) in [5.74, 6) is -0.761. The van der Waals surface area contributed by atoms with Gasteiger partial charge in [-0.15, -0.1) is 0 Å². The Kier molecular flexibility index (Phi) is 5.14. The standard InChI is InChI=1S/C14H16O3/c1-11(8-10-14(16)17)7-9-13(15)12-5-3-2-4-6-12/h2-6H,1,7-10H2,(H,16,17). The molecule has 1 aromatic carbocycles. The first-order valence-electron chi connectivity index (χ1n) is 5.56. The smallest absolute Gasteiger partial charge is 0.303 e. The van der Waals surface area contributed by atoms with Crippen LogP contribution in [0.15, 0.2) is 42.5 Å². The average molecular weight is 232 g/mol. The zero-order chi connectivity index (χ0) is 12.7. The van der Waals surface area contributed by atoms with Crippen molar-refractivity contribution in [3.63, 3.8) is 0 Å². The van der Waals surface area contributed by atoms with E-state index in [1.54, 1.807) is 12.1 Å². The predicted molar refractivity (Wildman–Crippen MR) is 66.0 cm³/mol. The van der Waals surface area contributed by atoms with Crippen molar-refractivity contribution in [2.24, 2.45) is 0 Å². The molecule has 0 aliphatic rings. The maximum atomic E-state index is 11.7. The van der Waals surface area contributed by atoms with Crippen molar-refractivity contribution in [2.75, 3.05) is 0 Å². The summed E-state index contributed by atoms with van der Waals surface area (Å²) in [5.41, 5.74) is 1.51. The van der Waals surface area contributed by atoms with Gasteiger partial charge in [-0.25, -0.2) is 0 Å². The third-order valence-electron chi connectivity index (χ3n) is 2.49. The van der Waals surface area contributed by atoms with Gasteiger partial charge in [0.1, 0.15) is 0 Å². The number of hydrogen-bond acceptors (Lipinski definition) is 2. The SMILES string of the molecule is C=C(CCC(=O)O)CCC(=O)c1ccccc1. The maximum absolute atomic E-state index is 11.7. The third-order valence-corrected chi connectivity index (χ3v) is 2.49. The Labute approximate surface area is 101 Å². The lowest BCUT2D eigenvalue weighted by molar-refractivity contribution is -0.136. The van der Waals surface area contributed by atoms with Gasteiger partial charge in [0.05, 0.1) is 0 Å². The van der Waals surface area contributed by atoms with Crippen LogP contribution in [0.4, 0.5) is 0 Å². The molecule has 17 heavy (non-hydrogen) atoms. The molecule has 3 nitrogen and oxygen atoms in total. The highest BCUT2D eigenvalue weighted by molar-refractivity contribution is 5.96. The van der Waals surface area contributed by atoms with Crippen LogP contribution in [0, 0.1) is 0 Å². The van der Waals surface area contributed by atoms with Crippen molar-refractivity contribution in [3.8, 4) is 0 Å². The summed E-state index contributed by atoms with van der Waals surface area (Å²) in [4.78, 5) is 22.1. The summed E-state index contributed by atoms with van der Waals surface area (Å²) < 4.78 is 0. The Morgan fingerprint density at radius 3 is 2.18 bits per heavy atom. The number of carbonyl (C=O) groups is 2. The highest BCUT2D eigenvalue weighted by atomic mass is 16.4. The van der Waals surface area contributed by atoms with E-state index in [9.17, 15) is 9.59 Å². The first-order chi connectivity index (χ1) is 8.09. The fourth-order valence-corrected chi connectivity index (χ4v) is 1.47. The van der Waals surface area contributed by atoms with Gasteiger partial charge in [-0.05, 0) is 12.8 Å². The van der Waals surface area contributed by atoms with Crippen molar-refractivity contribution in [1.82, 2.24) is 0 Å². The second kappa shape index (κ2) is 6.63. The Balaban J connectivity index is 2.34. The van der Waals surface area contributed by atoms with Gasteiger partial charge in [-0.3, -0.25) is 9.59 Å². The lowest BCUT2D eigenvalue weighted by Crippen LogP contribution is -2.00. The minimum absolute atomic E-state index is 0.0714. The largest absolute Gasteiger partial charge is 0.481 e. The Morgan fingerprint density at radius 2 is 1.59 bits per heavy atom. The molecule has 0 heterocycles. The molecule has 0 aliphatic carbocycles. The molecule has 1 N–H and O–H groups in total. The van der Waals surface area contributed by atoms with Gasteiger partial charge >= 0.3 is 5.97 Å². The molecular formula is C14H16O3. The predicted octanol–water partition coefficient (Wildman–Crippen LogP) is 3.07. The van der Waals surface area contributed by atoms with Crippen molar-refractivity contribution in [3.05, 3.63) is 48.0 Å². The van der Waals surface area contributed by atoms with Crippen LogP contribution in [0.3, 0.4) is 0 Å². The summed E-state index contributed by atoms with van der Waals surface area (Å²) in [6.45, 7) is 3.78. The molecule has 0 unspecified atom stereocenters. The van der Waals surface area contributed by atoms with Crippen LogP contribution in [0.2, 0.25) is 0 Å². The highest BCUT2D eigenvalue weighted by Crippen LogP contribution is 2.13. The normalized spacial score (nSPS) is 9.88. The number of benzene rings is 1. The molecule has 0 atom stereocenters. The number of allylic oxidation sites excluding steroid dienone is 1. The number of rotatable bonds is 7. The van der Waals surface area contributed by atoms with Gasteiger partial charge in [0.15, 0.2) is 5.78 Å². The van der Waals surface area contributed by atoms with Crippen molar-refractivity contribution < 1.29 is 14.7 Å². The van der Waals surface area contributed by atoms with Crippen molar-refractivity contribution >= 4 is 11.8 Å². The maximum Gasteiger partial charge on any atom is 0.303 e. The molecule has 0 amide bonds. The molecule has 0 aliphatic heterocycles. The van der Waals surface area contributed by atoms with Crippen molar-refractivity contribution in [2.45, 2.75) is 25.7 Å². The molecule has 0 fully saturated rings. The first-order valence-corrected chi connectivity index (χ1v) is 5.56. The molecule has 90 valence electrons. The second-order valence-corrected chi connectivity index (χ2v) is 3.93. The molecule has 0 saturated carbocycles. The number of carboxylic acids is 1. The van der Waals surface area contributed by atoms with Gasteiger partial charge in [0.25, 0.3) is 0 Å². The topological polar surface area (TPSA) is 54.4 Å². The molecular weight excluding hydrogens is 216 g/mol. The van der Waals surface area contributed by atoms with E-state index in [0.29, 0.717) is 24.8 Å². The van der Waals surface area contributed by atoms with Crippen LogP contribution in [0.1, 0.15) is 36.0 Å². The second-order valence-electron chi connectivity index (χ2n) is 3.93. The highest BCUT2D eigenvalue weighted by Gasteiger charge is 2.06. The lowest BCUT2D eigenvalue weighted by atomic mass is 10.0. The van der Waals surface area contributed by atoms with Crippen LogP contribution in [-0.4, -0.2) is 16.9 Å². The van der Waals surface area contributed by atoms with E-state index in [-0.39, 0.29) is 12.2 Å². The molecule has 0 aromatic heterocycles. The summed E-state index contributed by atoms with van der Waals surface area (Å²) in [6, 6.07) is 9.08. The van der Waals surface area contributed by atoms with E-state index in [4.69, 9.17) is 5.11 Å². The fraction of sp³-hybridized carbons (Fsp3) is 0.286. The van der Waals surface area contributed by atoms with E-state index in [1.165, 1.54) is 0 Å². The van der Waals surface area contributed by atoms with Crippen LogP contribution in [-0.2, 0) is 4.79 Å². The van der Waals surface area contributed by atoms with E-state index < -0.39 is 5.97 Å². The Morgan fingerprint density at radius 1 is 1.00 bits per heavy atom. The van der Waals surface area contributed by atoms with Gasteiger partial charge in [-0.2, -0.15) is 0 Å². The summed E-state index contributed by atoms with van der Waals surface area (Å²) >= 11 is 0. The third kappa shape index (κ3) is 5.11. The van der Waals surface area contributed by atoms with E-state index in [2.05, 4.69) is 6.58 Å². The monoisotopic (exact) mass is 232 g/mol. The number of carboxylic acid groups (broad SMARTS) is 1. The molecule has 0 radical (unpaired) electrons. The number of ketones is 1. The fourth-order valence-electron chi connectivity index (χ4n) is 1.47. The molecule has 1 rings (SSSR count). The number of carbonyl (C=O) groups excluding carboxylic acids is 1. The summed E-state index contributed by atoms with van der Waals surface area (Å²) in [5, 5.41) is 8.51. The Bertz CT molecular complexity index is 407. The quantitative estimate of drug-likeness (QED) is 0.580. The number of hydrogen-bond donors (Lipinski definition) is 1. The van der Waals surface area contributed by atoms with Gasteiger partial charge in [-0.1, -0.05) is 42.5 Å². The molecule has 3 heteroatoms. The van der Waals surface area contributed by atoms with Crippen LogP contribution < -0.4 is 0 Å². The zero-order valence-corrected chi connectivity index (χ0v) is 9.69. The lowest BCUT2D eigenvalue weighted by Gasteiger charge is -2.03. The minimum atomic E-state index is -0.833. The number of aliphatic carboxylic acids is 1. The van der Waals surface area contributed by atoms with Crippen molar-refractivity contribution in [1.29, 1.82) is 0 Å². The molecule has 0 bridgehead atoms. The summed E-state index contributed by atoms with van der Waals surface area (Å²) in [7, 11) is 0. The van der Waals surface area contributed by atoms with Gasteiger partial charge < -0.3 is 5.11 Å². The van der Waals surface area contributed by atoms with E-state index >= 15 is 0 Å². The van der Waals surface area contributed by atoms with E-state index in [0.717, 1.165) is 5.57 Å². The number of Topliss-reactive ketones (excluding diaryl/α,β-unsaturated/α-hetero) is 1. The first kappa shape index (κ1) is 13.2. The minimum Gasteiger partial charge on any atom is -0.481 e. The van der Waals surface area contributed by atoms with Crippen LogP contribution >= 0.6 is 0 Å². The van der Waals surface area contributed by atoms with Gasteiger partial charge in [0, 0.05) is 18.4 Å².